The van der Waals surface area contributed by atoms with Crippen LogP contribution in [0.5, 0.6) is 0 Å². The van der Waals surface area contributed by atoms with Crippen molar-refractivity contribution < 1.29 is 50.7 Å². The summed E-state index contributed by atoms with van der Waals surface area (Å²) in [5.41, 5.74) is 2.84. The Hall–Kier alpha value is 0.410. The SMILES string of the molecule is CCCC(C)C1=[C-]CC=C1.CCCC(C)C1=[C-]CC=C1.[Cl-].[Cl-].[Hf+4]. The van der Waals surface area contributed by atoms with Crippen molar-refractivity contribution in [2.24, 2.45) is 11.8 Å². The molecule has 2 atom stereocenters. The molecule has 0 fully saturated rings. The van der Waals surface area contributed by atoms with Crippen LogP contribution in [0.25, 0.3) is 0 Å². The average molecular weight is 520 g/mol. The Balaban J connectivity index is -0.000000308. The van der Waals surface area contributed by atoms with Crippen LogP contribution in [0.15, 0.2) is 35.5 Å². The van der Waals surface area contributed by atoms with Crippen molar-refractivity contribution in [3.8, 4) is 0 Å². The third-order valence-electron chi connectivity index (χ3n) is 3.95. The largest absolute Gasteiger partial charge is 4.00 e. The molecule has 0 nitrogen and oxygen atoms in total. The standard InChI is InChI=1S/2C10H15.2ClH.Hf/c2*1-3-6-9(2)10-7-4-5-8-10;;;/h2*4,7,9H,3,5-6H2,1-2H3;2*1H;/q2*-1;;;+4/p-2. The van der Waals surface area contributed by atoms with Gasteiger partial charge in [0.25, 0.3) is 0 Å². The van der Waals surface area contributed by atoms with E-state index < -0.39 is 0 Å². The van der Waals surface area contributed by atoms with Crippen molar-refractivity contribution in [3.05, 3.63) is 47.6 Å². The molecule has 0 N–H and O–H groups in total. The zero-order chi connectivity index (χ0) is 14.8. The van der Waals surface area contributed by atoms with Crippen molar-refractivity contribution >= 4 is 0 Å². The minimum absolute atomic E-state index is 0. The van der Waals surface area contributed by atoms with Crippen LogP contribution in [0.4, 0.5) is 0 Å². The molecule has 2 aliphatic carbocycles. The van der Waals surface area contributed by atoms with E-state index in [2.05, 4.69) is 64.2 Å². The molecule has 0 aromatic carbocycles. The van der Waals surface area contributed by atoms with Gasteiger partial charge >= 0.3 is 25.8 Å². The number of hydrogen-bond acceptors (Lipinski definition) is 0. The van der Waals surface area contributed by atoms with Gasteiger partial charge in [0.05, 0.1) is 0 Å². The van der Waals surface area contributed by atoms with Crippen LogP contribution in [0.2, 0.25) is 0 Å². The molecule has 0 saturated carbocycles. The average Bonchev–Trinajstić information content (AvgIpc) is 3.14. The first kappa shape index (κ1) is 28.2. The fourth-order valence-corrected chi connectivity index (χ4v) is 2.70. The van der Waals surface area contributed by atoms with Crippen molar-refractivity contribution in [2.45, 2.75) is 66.2 Å². The first-order chi connectivity index (χ1) is 9.69. The van der Waals surface area contributed by atoms with Gasteiger partial charge < -0.3 is 24.8 Å². The molecule has 2 rings (SSSR count). The van der Waals surface area contributed by atoms with Crippen LogP contribution < -0.4 is 24.8 Å². The molecule has 0 spiro atoms. The Kier molecular flexibility index (Phi) is 21.2. The third-order valence-corrected chi connectivity index (χ3v) is 3.95. The Labute approximate surface area is 175 Å². The molecule has 0 radical (unpaired) electrons. The first-order valence-electron chi connectivity index (χ1n) is 8.23. The van der Waals surface area contributed by atoms with Gasteiger partial charge in [-0.2, -0.15) is 12.2 Å². The number of rotatable bonds is 6. The minimum atomic E-state index is 0. The van der Waals surface area contributed by atoms with Crippen molar-refractivity contribution in [1.29, 1.82) is 0 Å². The molecule has 0 aromatic heterocycles. The zero-order valence-electron chi connectivity index (χ0n) is 15.0. The van der Waals surface area contributed by atoms with Gasteiger partial charge in [0.1, 0.15) is 0 Å². The third kappa shape index (κ3) is 11.6. The first-order valence-corrected chi connectivity index (χ1v) is 8.23. The minimum Gasteiger partial charge on any atom is -1.00 e. The van der Waals surface area contributed by atoms with E-state index in [9.17, 15) is 0 Å². The van der Waals surface area contributed by atoms with Crippen LogP contribution >= 0.6 is 0 Å². The van der Waals surface area contributed by atoms with E-state index in [0.717, 1.165) is 24.7 Å². The molecular formula is C20H30Cl2Hf. The van der Waals surface area contributed by atoms with Crippen LogP contribution in [-0.4, -0.2) is 0 Å². The number of allylic oxidation sites excluding steroid dienone is 8. The quantitative estimate of drug-likeness (QED) is 0.348. The summed E-state index contributed by atoms with van der Waals surface area (Å²) >= 11 is 0. The molecule has 0 amide bonds. The molecule has 2 unspecified atom stereocenters. The Morgan fingerprint density at radius 1 is 0.826 bits per heavy atom. The Bertz CT molecular complexity index is 356. The van der Waals surface area contributed by atoms with Crippen molar-refractivity contribution in [1.82, 2.24) is 0 Å². The topological polar surface area (TPSA) is 0 Å². The number of halogens is 2. The van der Waals surface area contributed by atoms with E-state index in [-0.39, 0.29) is 50.7 Å². The maximum Gasteiger partial charge on any atom is 4.00 e. The summed E-state index contributed by atoms with van der Waals surface area (Å²) in [6.07, 6.45) is 22.7. The molecule has 0 saturated heterocycles. The molecule has 128 valence electrons. The Morgan fingerprint density at radius 3 is 1.39 bits per heavy atom. The second-order valence-electron chi connectivity index (χ2n) is 5.86. The van der Waals surface area contributed by atoms with Crippen molar-refractivity contribution in [3.63, 3.8) is 0 Å². The molecule has 23 heavy (non-hydrogen) atoms. The van der Waals surface area contributed by atoms with E-state index in [1.807, 2.05) is 0 Å². The maximum absolute atomic E-state index is 3.35. The molecule has 0 heterocycles. The zero-order valence-corrected chi connectivity index (χ0v) is 20.1. The summed E-state index contributed by atoms with van der Waals surface area (Å²) in [4.78, 5) is 0. The van der Waals surface area contributed by atoms with Crippen LogP contribution in [0, 0.1) is 24.0 Å². The summed E-state index contributed by atoms with van der Waals surface area (Å²) in [6, 6.07) is 0. The van der Waals surface area contributed by atoms with Gasteiger partial charge in [0, 0.05) is 0 Å². The van der Waals surface area contributed by atoms with Gasteiger partial charge in [-0.25, -0.2) is 23.3 Å². The van der Waals surface area contributed by atoms with Crippen molar-refractivity contribution in [2.75, 3.05) is 0 Å². The van der Waals surface area contributed by atoms with E-state index in [4.69, 9.17) is 0 Å². The number of hydrogen-bond donors (Lipinski definition) is 0. The summed E-state index contributed by atoms with van der Waals surface area (Å²) in [5, 5.41) is 0. The summed E-state index contributed by atoms with van der Waals surface area (Å²) in [5.74, 6) is 1.45. The predicted molar refractivity (Wildman–Crippen MR) is 89.2 cm³/mol. The van der Waals surface area contributed by atoms with E-state index in [1.54, 1.807) is 0 Å². The normalized spacial score (nSPS) is 16.7. The summed E-state index contributed by atoms with van der Waals surface area (Å²) in [6.45, 7) is 9.02. The van der Waals surface area contributed by atoms with Crippen LogP contribution in [0.3, 0.4) is 0 Å². The van der Waals surface area contributed by atoms with Gasteiger partial charge in [-0.3, -0.25) is 12.2 Å². The second-order valence-corrected chi connectivity index (χ2v) is 5.86. The van der Waals surface area contributed by atoms with Gasteiger partial charge in [0.15, 0.2) is 0 Å². The molecule has 0 aromatic rings. The van der Waals surface area contributed by atoms with Crippen LogP contribution in [0.1, 0.15) is 66.2 Å². The molecule has 0 bridgehead atoms. The maximum atomic E-state index is 3.35. The van der Waals surface area contributed by atoms with Gasteiger partial charge in [-0.05, 0) is 12.8 Å². The molecular weight excluding hydrogens is 490 g/mol. The molecule has 2 aliphatic rings. The summed E-state index contributed by atoms with van der Waals surface area (Å²) in [7, 11) is 0. The van der Waals surface area contributed by atoms with E-state index >= 15 is 0 Å². The Morgan fingerprint density at radius 2 is 1.17 bits per heavy atom. The second kappa shape index (κ2) is 17.2. The van der Waals surface area contributed by atoms with Gasteiger partial charge in [0.2, 0.25) is 0 Å². The fraction of sp³-hybridized carbons (Fsp3) is 0.600. The van der Waals surface area contributed by atoms with Crippen LogP contribution in [-0.2, 0) is 25.8 Å². The fourth-order valence-electron chi connectivity index (χ4n) is 2.70. The smallest absolute Gasteiger partial charge is 1.00 e. The van der Waals surface area contributed by atoms with Gasteiger partial charge in [-0.1, -0.05) is 52.4 Å². The predicted octanol–water partition coefficient (Wildman–Crippen LogP) is 0.230. The van der Waals surface area contributed by atoms with Gasteiger partial charge in [-0.15, -0.1) is 12.8 Å². The summed E-state index contributed by atoms with van der Waals surface area (Å²) < 4.78 is 0. The monoisotopic (exact) mass is 520 g/mol. The molecule has 0 aliphatic heterocycles. The molecule has 3 heteroatoms. The van der Waals surface area contributed by atoms with E-state index in [1.165, 1.54) is 36.8 Å². The van der Waals surface area contributed by atoms with E-state index in [0.29, 0.717) is 0 Å².